The fourth-order valence-electron chi connectivity index (χ4n) is 1.25. The number of hydrogen-bond donors (Lipinski definition) is 0. The van der Waals surface area contributed by atoms with Crippen molar-refractivity contribution < 1.29 is 0 Å². The average molecular weight is 217 g/mol. The van der Waals surface area contributed by atoms with Gasteiger partial charge in [0.25, 0.3) is 5.56 Å². The molecule has 0 bridgehead atoms. The molecule has 5 heteroatoms. The monoisotopic (exact) mass is 217 g/mol. The fourth-order valence-corrected chi connectivity index (χ4v) is 1.25. The predicted octanol–water partition coefficient (Wildman–Crippen LogP) is -0.0751. The summed E-state index contributed by atoms with van der Waals surface area (Å²) in [5.74, 6) is 5.24. The molecule has 0 spiro atoms. The molecule has 0 N–H and O–H groups in total. The van der Waals surface area contributed by atoms with Crippen molar-refractivity contribution in [3.05, 3.63) is 32.6 Å². The Bertz CT molecular complexity index is 605. The van der Waals surface area contributed by atoms with Crippen LogP contribution in [0.3, 0.4) is 0 Å². The topological polar surface area (TPSA) is 67.8 Å². The third-order valence-electron chi connectivity index (χ3n) is 2.11. The molecule has 0 fully saturated rings. The highest BCUT2D eigenvalue weighted by molar-refractivity contribution is 5.22. The van der Waals surface area contributed by atoms with Gasteiger partial charge in [0.05, 0.1) is 6.54 Å². The lowest BCUT2D eigenvalue weighted by Gasteiger charge is -2.06. The van der Waals surface area contributed by atoms with Crippen LogP contribution in [-0.2, 0) is 13.1 Å². The van der Waals surface area contributed by atoms with Gasteiger partial charge in [0.1, 0.15) is 11.6 Å². The van der Waals surface area contributed by atoms with E-state index in [4.69, 9.17) is 5.26 Å². The van der Waals surface area contributed by atoms with Crippen LogP contribution < -0.4 is 11.2 Å². The van der Waals surface area contributed by atoms with Crippen LogP contribution in [0.15, 0.2) is 15.8 Å². The minimum atomic E-state index is -0.583. The molecule has 0 amide bonds. The van der Waals surface area contributed by atoms with Gasteiger partial charge >= 0.3 is 5.69 Å². The molecular weight excluding hydrogens is 206 g/mol. The Morgan fingerprint density at radius 1 is 1.44 bits per heavy atom. The Hall–Kier alpha value is -2.27. The molecule has 0 atom stereocenters. The largest absolute Gasteiger partial charge is 0.331 e. The number of aromatic nitrogens is 2. The Morgan fingerprint density at radius 3 is 2.62 bits per heavy atom. The number of nitrogens with zero attached hydrogens (tertiary/aromatic N) is 3. The normalized spacial score (nSPS) is 9.06. The van der Waals surface area contributed by atoms with Crippen LogP contribution in [0.1, 0.15) is 19.4 Å². The van der Waals surface area contributed by atoms with E-state index in [0.717, 1.165) is 4.57 Å². The van der Waals surface area contributed by atoms with Gasteiger partial charge < -0.3 is 0 Å². The second-order valence-corrected chi connectivity index (χ2v) is 3.04. The van der Waals surface area contributed by atoms with E-state index in [1.165, 1.54) is 10.8 Å². The van der Waals surface area contributed by atoms with Gasteiger partial charge in [-0.05, 0) is 13.8 Å². The van der Waals surface area contributed by atoms with Crippen molar-refractivity contribution >= 4 is 0 Å². The van der Waals surface area contributed by atoms with Gasteiger partial charge in [-0.3, -0.25) is 9.36 Å². The molecule has 0 radical (unpaired) electrons. The molecular formula is C11H11N3O2. The Kier molecular flexibility index (Phi) is 3.68. The molecule has 1 rings (SSSR count). The van der Waals surface area contributed by atoms with Crippen molar-refractivity contribution in [3.63, 3.8) is 0 Å². The van der Waals surface area contributed by atoms with Gasteiger partial charge in [0.15, 0.2) is 0 Å². The lowest BCUT2D eigenvalue weighted by molar-refractivity contribution is 0.608. The summed E-state index contributed by atoms with van der Waals surface area (Å²) in [4.78, 5) is 23.4. The molecule has 0 aliphatic carbocycles. The van der Waals surface area contributed by atoms with E-state index in [0.29, 0.717) is 6.54 Å². The van der Waals surface area contributed by atoms with Gasteiger partial charge in [-0.1, -0.05) is 5.92 Å². The highest BCUT2D eigenvalue weighted by atomic mass is 16.2. The van der Waals surface area contributed by atoms with Crippen molar-refractivity contribution in [3.8, 4) is 17.9 Å². The minimum Gasteiger partial charge on any atom is -0.299 e. The van der Waals surface area contributed by atoms with E-state index in [9.17, 15) is 9.59 Å². The summed E-state index contributed by atoms with van der Waals surface area (Å²) in [6, 6.07) is 1.77. The summed E-state index contributed by atoms with van der Waals surface area (Å²) in [5.41, 5.74) is -1.06. The van der Waals surface area contributed by atoms with Gasteiger partial charge in [0, 0.05) is 12.7 Å². The first kappa shape index (κ1) is 11.8. The van der Waals surface area contributed by atoms with Crippen LogP contribution in [-0.4, -0.2) is 9.13 Å². The SMILES string of the molecule is CC#CCn1c(=O)c(C#N)cn(CC)c1=O. The first-order valence-corrected chi connectivity index (χ1v) is 4.79. The predicted molar refractivity (Wildman–Crippen MR) is 58.8 cm³/mol. The number of hydrogen-bond acceptors (Lipinski definition) is 3. The summed E-state index contributed by atoms with van der Waals surface area (Å²) in [6.07, 6.45) is 1.28. The lowest BCUT2D eigenvalue weighted by atomic mass is 10.3. The molecule has 0 aliphatic heterocycles. The zero-order valence-corrected chi connectivity index (χ0v) is 9.15. The van der Waals surface area contributed by atoms with Crippen molar-refractivity contribution in [2.75, 3.05) is 0 Å². The standard InChI is InChI=1S/C11H11N3O2/c1-3-5-6-14-10(15)9(7-12)8-13(4-2)11(14)16/h8H,4,6H2,1-2H3. The van der Waals surface area contributed by atoms with Crippen molar-refractivity contribution in [1.82, 2.24) is 9.13 Å². The zero-order chi connectivity index (χ0) is 12.1. The van der Waals surface area contributed by atoms with Crippen LogP contribution in [0.25, 0.3) is 0 Å². The fraction of sp³-hybridized carbons (Fsp3) is 0.364. The molecule has 0 aliphatic rings. The van der Waals surface area contributed by atoms with Crippen molar-refractivity contribution in [1.29, 1.82) is 5.26 Å². The second-order valence-electron chi connectivity index (χ2n) is 3.04. The maximum absolute atomic E-state index is 11.7. The summed E-state index contributed by atoms with van der Waals surface area (Å²) in [6.45, 7) is 3.82. The minimum absolute atomic E-state index is 0.0175. The van der Waals surface area contributed by atoms with Crippen LogP contribution in [0.4, 0.5) is 0 Å². The molecule has 0 unspecified atom stereocenters. The Balaban J connectivity index is 3.56. The van der Waals surface area contributed by atoms with E-state index in [1.54, 1.807) is 19.9 Å². The van der Waals surface area contributed by atoms with E-state index in [1.807, 2.05) is 0 Å². The van der Waals surface area contributed by atoms with E-state index in [-0.39, 0.29) is 12.1 Å². The summed E-state index contributed by atoms with van der Waals surface area (Å²) < 4.78 is 2.29. The summed E-state index contributed by atoms with van der Waals surface area (Å²) >= 11 is 0. The molecule has 0 saturated heterocycles. The lowest BCUT2D eigenvalue weighted by Crippen LogP contribution is -2.40. The van der Waals surface area contributed by atoms with Gasteiger partial charge in [-0.25, -0.2) is 9.36 Å². The number of rotatable bonds is 2. The van der Waals surface area contributed by atoms with Crippen LogP contribution in [0.5, 0.6) is 0 Å². The first-order chi connectivity index (χ1) is 7.65. The first-order valence-electron chi connectivity index (χ1n) is 4.79. The average Bonchev–Trinajstić information content (AvgIpc) is 2.29. The maximum Gasteiger partial charge on any atom is 0.331 e. The van der Waals surface area contributed by atoms with E-state index < -0.39 is 11.2 Å². The molecule has 0 aromatic carbocycles. The van der Waals surface area contributed by atoms with Crippen molar-refractivity contribution in [2.45, 2.75) is 26.9 Å². The summed E-state index contributed by atoms with van der Waals surface area (Å²) in [5, 5.41) is 8.76. The second kappa shape index (κ2) is 4.99. The quantitative estimate of drug-likeness (QED) is 0.651. The Labute approximate surface area is 92.6 Å². The molecule has 5 nitrogen and oxygen atoms in total. The molecule has 82 valence electrons. The zero-order valence-electron chi connectivity index (χ0n) is 9.15. The molecule has 1 aromatic rings. The Morgan fingerprint density at radius 2 is 2.12 bits per heavy atom. The van der Waals surface area contributed by atoms with Gasteiger partial charge in [-0.2, -0.15) is 5.26 Å². The van der Waals surface area contributed by atoms with Crippen LogP contribution >= 0.6 is 0 Å². The smallest absolute Gasteiger partial charge is 0.299 e. The number of nitriles is 1. The third-order valence-corrected chi connectivity index (χ3v) is 2.11. The number of aryl methyl sites for hydroxylation is 1. The maximum atomic E-state index is 11.7. The third kappa shape index (κ3) is 2.04. The van der Waals surface area contributed by atoms with Crippen LogP contribution in [0, 0.1) is 23.2 Å². The van der Waals surface area contributed by atoms with E-state index >= 15 is 0 Å². The molecule has 1 aromatic heterocycles. The summed E-state index contributed by atoms with van der Waals surface area (Å²) in [7, 11) is 0. The highest BCUT2D eigenvalue weighted by Crippen LogP contribution is 1.87. The molecule has 1 heterocycles. The molecule has 16 heavy (non-hydrogen) atoms. The molecule has 0 saturated carbocycles. The van der Waals surface area contributed by atoms with Crippen LogP contribution in [0.2, 0.25) is 0 Å². The van der Waals surface area contributed by atoms with Gasteiger partial charge in [0.2, 0.25) is 0 Å². The van der Waals surface area contributed by atoms with Gasteiger partial charge in [-0.15, -0.1) is 5.92 Å². The van der Waals surface area contributed by atoms with Crippen molar-refractivity contribution in [2.24, 2.45) is 0 Å². The van der Waals surface area contributed by atoms with E-state index in [2.05, 4.69) is 11.8 Å². The highest BCUT2D eigenvalue weighted by Gasteiger charge is 2.08.